The molecule has 3 rings (SSSR count). The zero-order valence-electron chi connectivity index (χ0n) is 11.4. The number of allylic oxidation sites excluding steroid dienone is 1. The second-order valence-electron chi connectivity index (χ2n) is 5.73. The number of carbonyl (C=O) groups excluding carboxylic acids is 1. The highest BCUT2D eigenvalue weighted by Crippen LogP contribution is 2.52. The van der Waals surface area contributed by atoms with Gasteiger partial charge in [0, 0.05) is 5.92 Å². The largest absolute Gasteiger partial charge is 0.496 e. The van der Waals surface area contributed by atoms with Crippen molar-refractivity contribution in [2.75, 3.05) is 13.7 Å². The molecule has 0 unspecified atom stereocenters. The Labute approximate surface area is 127 Å². The van der Waals surface area contributed by atoms with E-state index in [4.69, 9.17) is 9.47 Å². The number of esters is 1. The normalized spacial score (nSPS) is 28.4. The van der Waals surface area contributed by atoms with E-state index in [1.807, 2.05) is 18.2 Å². The van der Waals surface area contributed by atoms with E-state index < -0.39 is 5.41 Å². The summed E-state index contributed by atoms with van der Waals surface area (Å²) in [5.41, 5.74) is 1.89. The van der Waals surface area contributed by atoms with Gasteiger partial charge in [0.1, 0.15) is 5.75 Å². The van der Waals surface area contributed by atoms with E-state index >= 15 is 0 Å². The van der Waals surface area contributed by atoms with Crippen molar-refractivity contribution >= 4 is 21.9 Å². The van der Waals surface area contributed by atoms with Gasteiger partial charge in [-0.15, -0.1) is 0 Å². The van der Waals surface area contributed by atoms with Crippen molar-refractivity contribution in [1.29, 1.82) is 0 Å². The third kappa shape index (κ3) is 2.06. The summed E-state index contributed by atoms with van der Waals surface area (Å²) in [5.74, 6) is 1.02. The van der Waals surface area contributed by atoms with E-state index in [2.05, 4.69) is 22.5 Å². The molecule has 20 heavy (non-hydrogen) atoms. The van der Waals surface area contributed by atoms with E-state index in [-0.39, 0.29) is 11.9 Å². The van der Waals surface area contributed by atoms with Gasteiger partial charge in [-0.2, -0.15) is 0 Å². The van der Waals surface area contributed by atoms with Crippen LogP contribution in [0.1, 0.15) is 18.4 Å². The molecule has 4 heteroatoms. The number of fused-ring (bicyclic) bond motifs is 1. The topological polar surface area (TPSA) is 35.5 Å². The fraction of sp³-hybridized carbons (Fsp3) is 0.438. The van der Waals surface area contributed by atoms with Crippen molar-refractivity contribution in [1.82, 2.24) is 0 Å². The van der Waals surface area contributed by atoms with Crippen LogP contribution >= 0.6 is 15.9 Å². The van der Waals surface area contributed by atoms with Crippen LogP contribution in [0.3, 0.4) is 0 Å². The van der Waals surface area contributed by atoms with Crippen molar-refractivity contribution in [3.05, 3.63) is 40.4 Å². The van der Waals surface area contributed by atoms with Crippen LogP contribution < -0.4 is 4.74 Å². The first-order chi connectivity index (χ1) is 9.55. The lowest BCUT2D eigenvalue weighted by molar-refractivity contribution is -0.146. The van der Waals surface area contributed by atoms with Gasteiger partial charge in [0.25, 0.3) is 0 Å². The monoisotopic (exact) mass is 336 g/mol. The molecule has 0 bridgehead atoms. The Morgan fingerprint density at radius 2 is 2.35 bits per heavy atom. The Kier molecular flexibility index (Phi) is 3.36. The Hall–Kier alpha value is -1.29. The molecule has 1 aliphatic carbocycles. The average molecular weight is 337 g/mol. The minimum Gasteiger partial charge on any atom is -0.496 e. The Balaban J connectivity index is 1.91. The maximum Gasteiger partial charge on any atom is 0.313 e. The highest BCUT2D eigenvalue weighted by atomic mass is 79.9. The summed E-state index contributed by atoms with van der Waals surface area (Å²) < 4.78 is 11.5. The van der Waals surface area contributed by atoms with E-state index in [0.717, 1.165) is 28.6 Å². The lowest BCUT2D eigenvalue weighted by Gasteiger charge is -2.24. The molecule has 0 amide bonds. The molecule has 1 aliphatic heterocycles. The average Bonchev–Trinajstić information content (AvgIpc) is 2.86. The summed E-state index contributed by atoms with van der Waals surface area (Å²) in [7, 11) is 1.64. The van der Waals surface area contributed by atoms with E-state index in [1.54, 1.807) is 7.11 Å². The highest BCUT2D eigenvalue weighted by Gasteiger charge is 2.55. The maximum atomic E-state index is 12.2. The molecule has 3 nitrogen and oxygen atoms in total. The molecule has 2 atom stereocenters. The van der Waals surface area contributed by atoms with Crippen molar-refractivity contribution < 1.29 is 14.3 Å². The number of halogens is 1. The Bertz CT molecular complexity index is 581. The van der Waals surface area contributed by atoms with E-state index in [9.17, 15) is 4.79 Å². The van der Waals surface area contributed by atoms with Crippen molar-refractivity contribution in [3.63, 3.8) is 0 Å². The van der Waals surface area contributed by atoms with Gasteiger partial charge < -0.3 is 9.47 Å². The number of carbonyl (C=O) groups is 1. The van der Waals surface area contributed by atoms with Gasteiger partial charge in [-0.25, -0.2) is 0 Å². The van der Waals surface area contributed by atoms with Gasteiger partial charge in [0.2, 0.25) is 0 Å². The summed E-state index contributed by atoms with van der Waals surface area (Å²) in [6.07, 6.45) is 2.36. The van der Waals surface area contributed by atoms with Crippen LogP contribution in [0.15, 0.2) is 34.8 Å². The van der Waals surface area contributed by atoms with Gasteiger partial charge in [-0.05, 0) is 52.9 Å². The number of rotatable bonds is 3. The lowest BCUT2D eigenvalue weighted by atomic mass is 9.75. The van der Waals surface area contributed by atoms with E-state index in [1.165, 1.54) is 5.57 Å². The molecular formula is C16H17BrO3. The molecule has 106 valence electrons. The van der Waals surface area contributed by atoms with Crippen LogP contribution in [0, 0.1) is 11.3 Å². The van der Waals surface area contributed by atoms with Gasteiger partial charge in [0.05, 0.1) is 23.6 Å². The third-order valence-corrected chi connectivity index (χ3v) is 5.06. The van der Waals surface area contributed by atoms with E-state index in [0.29, 0.717) is 13.0 Å². The molecule has 2 aliphatic rings. The van der Waals surface area contributed by atoms with Gasteiger partial charge in [-0.1, -0.05) is 18.2 Å². The summed E-state index contributed by atoms with van der Waals surface area (Å²) in [6.45, 7) is 4.60. The summed E-state index contributed by atoms with van der Waals surface area (Å²) in [6, 6.07) is 5.97. The SMILES string of the molecule is C=C1C[C@@H]2COC(=O)[C@]2(Cc2ccc(OC)c(Br)c2)C1. The fourth-order valence-corrected chi connectivity index (χ4v) is 4.03. The number of cyclic esters (lactones) is 1. The number of benzene rings is 1. The fourth-order valence-electron chi connectivity index (χ4n) is 3.45. The molecular weight excluding hydrogens is 320 g/mol. The third-order valence-electron chi connectivity index (χ3n) is 4.44. The molecule has 2 fully saturated rings. The van der Waals surface area contributed by atoms with Crippen LogP contribution in [-0.2, 0) is 16.0 Å². The maximum absolute atomic E-state index is 12.2. The molecule has 0 aromatic heterocycles. The first-order valence-corrected chi connectivity index (χ1v) is 7.51. The van der Waals surface area contributed by atoms with Crippen molar-refractivity contribution in [3.8, 4) is 5.75 Å². The first-order valence-electron chi connectivity index (χ1n) is 6.71. The molecule has 1 aromatic rings. The van der Waals surface area contributed by atoms with Crippen molar-refractivity contribution in [2.24, 2.45) is 11.3 Å². The first kappa shape index (κ1) is 13.7. The Morgan fingerprint density at radius 1 is 1.55 bits per heavy atom. The molecule has 0 radical (unpaired) electrons. The lowest BCUT2D eigenvalue weighted by Crippen LogP contribution is -2.31. The predicted octanol–water partition coefficient (Wildman–Crippen LogP) is 3.51. The standard InChI is InChI=1S/C16H17BrO3/c1-10-5-12-9-20-15(18)16(12,7-10)8-11-3-4-14(19-2)13(17)6-11/h3-4,6,12H,1,5,7-9H2,2H3/t12-,16+/m1/s1. The number of hydrogen-bond acceptors (Lipinski definition) is 3. The Morgan fingerprint density at radius 3 is 3.05 bits per heavy atom. The smallest absolute Gasteiger partial charge is 0.313 e. The number of ether oxygens (including phenoxy) is 2. The second kappa shape index (κ2) is 4.92. The van der Waals surface area contributed by atoms with Crippen LogP contribution in [0.25, 0.3) is 0 Å². The van der Waals surface area contributed by atoms with Crippen molar-refractivity contribution in [2.45, 2.75) is 19.3 Å². The van der Waals surface area contributed by atoms with Crippen LogP contribution in [0.4, 0.5) is 0 Å². The zero-order chi connectivity index (χ0) is 14.3. The molecule has 0 spiro atoms. The van der Waals surface area contributed by atoms with Crippen LogP contribution in [0.5, 0.6) is 5.75 Å². The molecule has 1 saturated carbocycles. The number of methoxy groups -OCH3 is 1. The summed E-state index contributed by atoms with van der Waals surface area (Å²) >= 11 is 3.50. The van der Waals surface area contributed by atoms with Gasteiger partial charge >= 0.3 is 5.97 Å². The van der Waals surface area contributed by atoms with Crippen LogP contribution in [-0.4, -0.2) is 19.7 Å². The summed E-state index contributed by atoms with van der Waals surface area (Å²) in [4.78, 5) is 12.2. The quantitative estimate of drug-likeness (QED) is 0.625. The molecule has 1 aromatic carbocycles. The highest BCUT2D eigenvalue weighted by molar-refractivity contribution is 9.10. The molecule has 1 heterocycles. The van der Waals surface area contributed by atoms with Crippen LogP contribution in [0.2, 0.25) is 0 Å². The second-order valence-corrected chi connectivity index (χ2v) is 6.58. The molecule has 1 saturated heterocycles. The minimum absolute atomic E-state index is 0.0620. The zero-order valence-corrected chi connectivity index (χ0v) is 13.0. The summed E-state index contributed by atoms with van der Waals surface area (Å²) in [5, 5.41) is 0. The van der Waals surface area contributed by atoms with Gasteiger partial charge in [-0.3, -0.25) is 4.79 Å². The predicted molar refractivity (Wildman–Crippen MR) is 79.7 cm³/mol. The van der Waals surface area contributed by atoms with Gasteiger partial charge in [0.15, 0.2) is 0 Å². The minimum atomic E-state index is -0.398. The number of hydrogen-bond donors (Lipinski definition) is 0. The molecule has 0 N–H and O–H groups in total.